The summed E-state index contributed by atoms with van der Waals surface area (Å²) in [6.45, 7) is 3.79. The zero-order chi connectivity index (χ0) is 44.7. The highest BCUT2D eigenvalue weighted by Gasteiger charge is 2.48. The van der Waals surface area contributed by atoms with E-state index in [0.29, 0.717) is 13.0 Å². The molecule has 1 fully saturated rings. The van der Waals surface area contributed by atoms with Crippen molar-refractivity contribution in [2.45, 2.75) is 198 Å². The summed E-state index contributed by atoms with van der Waals surface area (Å²) in [6.07, 6.45) is 41.0. The lowest BCUT2D eigenvalue weighted by atomic mass is 9.99. The summed E-state index contributed by atoms with van der Waals surface area (Å²) in [5.74, 6) is -0.412. The van der Waals surface area contributed by atoms with E-state index in [4.69, 9.17) is 23.5 Å². The SMILES string of the molecule is CC/C=C\C/C=C\C/C=C\C/C=C\C/C=C\C/C=C\CCCCCCCCCOCC(COC1OC(CO)C(O)C(OS(=O)(=O)O)C1O)OC(=O)CCCCCCCCCC. The zero-order valence-corrected chi connectivity index (χ0v) is 38.3. The molecular weight excluding hydrogens is 801 g/mol. The van der Waals surface area contributed by atoms with Crippen molar-refractivity contribution >= 4 is 16.4 Å². The smallest absolute Gasteiger partial charge is 0.397 e. The average Bonchev–Trinajstić information content (AvgIpc) is 3.23. The molecule has 0 radical (unpaired) electrons. The Morgan fingerprint density at radius 2 is 1.13 bits per heavy atom. The van der Waals surface area contributed by atoms with E-state index in [1.54, 1.807) is 0 Å². The van der Waals surface area contributed by atoms with Crippen molar-refractivity contribution in [1.29, 1.82) is 0 Å². The first-order valence-electron chi connectivity index (χ1n) is 23.2. The summed E-state index contributed by atoms with van der Waals surface area (Å²) in [6, 6.07) is 0. The van der Waals surface area contributed by atoms with Gasteiger partial charge in [-0.1, -0.05) is 164 Å². The fourth-order valence-corrected chi connectivity index (χ4v) is 7.12. The third-order valence-electron chi connectivity index (χ3n) is 10.1. The number of aliphatic hydroxyl groups is 3. The molecule has 0 amide bonds. The maximum Gasteiger partial charge on any atom is 0.397 e. The molecule has 0 aliphatic carbocycles. The van der Waals surface area contributed by atoms with Crippen LogP contribution in [0.25, 0.3) is 0 Å². The molecule has 1 saturated heterocycles. The van der Waals surface area contributed by atoms with Gasteiger partial charge in [-0.15, -0.1) is 0 Å². The second kappa shape index (κ2) is 39.2. The highest BCUT2D eigenvalue weighted by molar-refractivity contribution is 7.80. The predicted octanol–water partition coefficient (Wildman–Crippen LogP) is 9.91. The van der Waals surface area contributed by atoms with Gasteiger partial charge in [-0.2, -0.15) is 8.42 Å². The molecule has 13 heteroatoms. The highest BCUT2D eigenvalue weighted by atomic mass is 32.3. The van der Waals surface area contributed by atoms with Crippen molar-refractivity contribution in [2.24, 2.45) is 0 Å². The van der Waals surface area contributed by atoms with Crippen LogP contribution in [0.4, 0.5) is 0 Å². The van der Waals surface area contributed by atoms with Gasteiger partial charge in [-0.25, -0.2) is 4.18 Å². The van der Waals surface area contributed by atoms with Gasteiger partial charge < -0.3 is 34.3 Å². The van der Waals surface area contributed by atoms with Gasteiger partial charge in [0.2, 0.25) is 0 Å². The molecule has 0 spiro atoms. The number of hydrogen-bond acceptors (Lipinski definition) is 11. The first-order valence-corrected chi connectivity index (χ1v) is 24.6. The van der Waals surface area contributed by atoms with Crippen molar-refractivity contribution < 1.29 is 56.2 Å². The molecule has 0 bridgehead atoms. The van der Waals surface area contributed by atoms with Crippen LogP contribution in [0.2, 0.25) is 0 Å². The molecule has 0 saturated carbocycles. The predicted molar refractivity (Wildman–Crippen MR) is 243 cm³/mol. The summed E-state index contributed by atoms with van der Waals surface area (Å²) in [7, 11) is -5.06. The number of aliphatic hydroxyl groups excluding tert-OH is 3. The fraction of sp³-hybridized carbons (Fsp3) is 0.729. The van der Waals surface area contributed by atoms with Crippen LogP contribution in [0.1, 0.15) is 162 Å². The van der Waals surface area contributed by atoms with E-state index in [-0.39, 0.29) is 19.6 Å². The van der Waals surface area contributed by atoms with E-state index in [9.17, 15) is 28.5 Å². The normalized spacial score (nSPS) is 20.8. The Morgan fingerprint density at radius 3 is 1.66 bits per heavy atom. The Balaban J connectivity index is 2.31. The Labute approximate surface area is 369 Å². The summed E-state index contributed by atoms with van der Waals surface area (Å²) in [4.78, 5) is 12.7. The lowest BCUT2D eigenvalue weighted by Crippen LogP contribution is -2.60. The Bertz CT molecular complexity index is 1340. The molecular formula is C48H82O12S. The van der Waals surface area contributed by atoms with Gasteiger partial charge in [0, 0.05) is 13.0 Å². The van der Waals surface area contributed by atoms with Crippen molar-refractivity contribution in [2.75, 3.05) is 26.4 Å². The largest absolute Gasteiger partial charge is 0.457 e. The minimum Gasteiger partial charge on any atom is -0.457 e. The van der Waals surface area contributed by atoms with Gasteiger partial charge in [0.1, 0.15) is 30.5 Å². The first-order chi connectivity index (χ1) is 29.6. The van der Waals surface area contributed by atoms with Crippen LogP contribution in [0.3, 0.4) is 0 Å². The van der Waals surface area contributed by atoms with E-state index in [2.05, 4.69) is 90.9 Å². The average molecular weight is 883 g/mol. The van der Waals surface area contributed by atoms with Crippen LogP contribution in [0.5, 0.6) is 0 Å². The monoisotopic (exact) mass is 883 g/mol. The van der Waals surface area contributed by atoms with Crippen LogP contribution in [0.15, 0.2) is 72.9 Å². The number of unbranched alkanes of at least 4 members (excludes halogenated alkanes) is 14. The van der Waals surface area contributed by atoms with Crippen LogP contribution in [0, 0.1) is 0 Å². The summed E-state index contributed by atoms with van der Waals surface area (Å²) >= 11 is 0. The lowest BCUT2D eigenvalue weighted by molar-refractivity contribution is -0.301. The maximum atomic E-state index is 12.7. The van der Waals surface area contributed by atoms with Crippen molar-refractivity contribution in [1.82, 2.24) is 0 Å². The third kappa shape index (κ3) is 32.8. The van der Waals surface area contributed by atoms with E-state index in [1.165, 1.54) is 44.9 Å². The number of carbonyl (C=O) groups is 1. The molecule has 352 valence electrons. The second-order valence-corrected chi connectivity index (χ2v) is 16.7. The van der Waals surface area contributed by atoms with Crippen molar-refractivity contribution in [3.05, 3.63) is 72.9 Å². The molecule has 1 aliphatic heterocycles. The summed E-state index contributed by atoms with van der Waals surface area (Å²) in [5, 5.41) is 30.6. The Kier molecular flexibility index (Phi) is 36.3. The molecule has 12 nitrogen and oxygen atoms in total. The molecule has 0 aromatic rings. The van der Waals surface area contributed by atoms with Crippen molar-refractivity contribution in [3.63, 3.8) is 0 Å². The van der Waals surface area contributed by atoms with E-state index < -0.39 is 59.8 Å². The maximum absolute atomic E-state index is 12.7. The number of carbonyl (C=O) groups excluding carboxylic acids is 1. The van der Waals surface area contributed by atoms with E-state index in [1.807, 2.05) is 0 Å². The number of esters is 1. The molecule has 4 N–H and O–H groups in total. The van der Waals surface area contributed by atoms with Crippen LogP contribution in [-0.4, -0.2) is 97.5 Å². The molecule has 1 rings (SSSR count). The van der Waals surface area contributed by atoms with Crippen LogP contribution < -0.4 is 0 Å². The van der Waals surface area contributed by atoms with E-state index in [0.717, 1.165) is 89.9 Å². The number of allylic oxidation sites excluding steroid dienone is 12. The first kappa shape index (κ1) is 56.6. The topological polar surface area (TPSA) is 178 Å². The molecule has 0 aromatic heterocycles. The number of rotatable bonds is 39. The van der Waals surface area contributed by atoms with Gasteiger partial charge in [0.15, 0.2) is 6.29 Å². The van der Waals surface area contributed by atoms with Gasteiger partial charge in [0.25, 0.3) is 0 Å². The third-order valence-corrected chi connectivity index (χ3v) is 10.6. The van der Waals surface area contributed by atoms with Gasteiger partial charge in [-0.05, 0) is 64.2 Å². The molecule has 6 atom stereocenters. The Hall–Kier alpha value is -2.46. The summed E-state index contributed by atoms with van der Waals surface area (Å²) in [5.41, 5.74) is 0. The fourth-order valence-electron chi connectivity index (χ4n) is 6.62. The van der Waals surface area contributed by atoms with Gasteiger partial charge >= 0.3 is 16.4 Å². The van der Waals surface area contributed by atoms with Gasteiger partial charge in [0.05, 0.1) is 19.8 Å². The minimum atomic E-state index is -5.06. The molecule has 1 heterocycles. The van der Waals surface area contributed by atoms with E-state index >= 15 is 0 Å². The second-order valence-electron chi connectivity index (χ2n) is 15.6. The van der Waals surface area contributed by atoms with Crippen LogP contribution in [-0.2, 0) is 38.3 Å². The highest BCUT2D eigenvalue weighted by Crippen LogP contribution is 2.26. The number of ether oxygens (including phenoxy) is 4. The quantitative estimate of drug-likeness (QED) is 0.0199. The van der Waals surface area contributed by atoms with Gasteiger partial charge in [-0.3, -0.25) is 9.35 Å². The van der Waals surface area contributed by atoms with Crippen molar-refractivity contribution in [3.8, 4) is 0 Å². The molecule has 6 unspecified atom stereocenters. The minimum absolute atomic E-state index is 0.0254. The molecule has 0 aromatic carbocycles. The summed E-state index contributed by atoms with van der Waals surface area (Å²) < 4.78 is 58.9. The standard InChI is InChI=1S/C48H82O12S/c1-3-5-7-9-11-13-14-15-16-17-18-19-20-21-22-23-24-25-26-27-28-29-30-32-34-36-38-56-40-42(58-44(50)37-35-33-31-12-10-8-6-4-2)41-57-48-46(52)47(60-61(53,54)55)45(51)43(39-49)59-48/h5,7,11,13,15-16,18-19,21-22,24-25,42-43,45-49,51-52H,3-4,6,8-10,12,14,17,20,23,26-41H2,1-2H3,(H,53,54,55)/b7-5-,13-11-,16-15-,19-18-,22-21-,25-24-. The van der Waals surface area contributed by atoms with Crippen LogP contribution >= 0.6 is 0 Å². The molecule has 61 heavy (non-hydrogen) atoms. The zero-order valence-electron chi connectivity index (χ0n) is 37.4. The lowest BCUT2D eigenvalue weighted by Gasteiger charge is -2.41. The number of hydrogen-bond donors (Lipinski definition) is 4. The molecule has 1 aliphatic rings. The Morgan fingerprint density at radius 1 is 0.639 bits per heavy atom.